The summed E-state index contributed by atoms with van der Waals surface area (Å²) in [6.45, 7) is 2.04. The van der Waals surface area contributed by atoms with Crippen LogP contribution >= 0.6 is 11.8 Å². The van der Waals surface area contributed by atoms with Crippen molar-refractivity contribution in [3.63, 3.8) is 0 Å². The summed E-state index contributed by atoms with van der Waals surface area (Å²) in [6, 6.07) is 25.4. The minimum atomic E-state index is -0.245. The van der Waals surface area contributed by atoms with Crippen LogP contribution in [0.2, 0.25) is 0 Å². The number of aromatic nitrogens is 3. The highest BCUT2D eigenvalue weighted by molar-refractivity contribution is 7.99. The number of hydrogen-bond donors (Lipinski definition) is 1. The molecule has 0 atom stereocenters. The van der Waals surface area contributed by atoms with Crippen molar-refractivity contribution in [2.24, 2.45) is 5.10 Å². The van der Waals surface area contributed by atoms with Gasteiger partial charge in [0.25, 0.3) is 5.91 Å². The van der Waals surface area contributed by atoms with Crippen molar-refractivity contribution in [1.29, 1.82) is 0 Å². The van der Waals surface area contributed by atoms with Crippen LogP contribution in [0.1, 0.15) is 11.1 Å². The molecular weight excluding hydrogens is 434 g/mol. The highest BCUT2D eigenvalue weighted by atomic mass is 32.2. The van der Waals surface area contributed by atoms with Crippen molar-refractivity contribution in [3.05, 3.63) is 90.0 Å². The monoisotopic (exact) mass is 457 g/mol. The molecule has 0 saturated carbocycles. The molecule has 1 heterocycles. The summed E-state index contributed by atoms with van der Waals surface area (Å²) < 4.78 is 7.25. The smallest absolute Gasteiger partial charge is 0.250 e. The summed E-state index contributed by atoms with van der Waals surface area (Å²) in [5.41, 5.74) is 6.37. The van der Waals surface area contributed by atoms with Gasteiger partial charge in [0.2, 0.25) is 0 Å². The molecule has 0 aliphatic heterocycles. The quantitative estimate of drug-likeness (QED) is 0.239. The SMILES string of the molecule is COc1ccccc1/C=N\NC(=O)CSc1nnc(-c2ccccc2)n1-c1ccc(C)cc1. The molecule has 0 spiro atoms. The minimum absolute atomic E-state index is 0.141. The number of hydrogen-bond acceptors (Lipinski definition) is 6. The largest absolute Gasteiger partial charge is 0.496 e. The summed E-state index contributed by atoms with van der Waals surface area (Å²) in [4.78, 5) is 12.4. The first-order valence-corrected chi connectivity index (χ1v) is 11.3. The molecule has 1 amide bonds. The van der Waals surface area contributed by atoms with Gasteiger partial charge in [-0.2, -0.15) is 5.10 Å². The Morgan fingerprint density at radius 2 is 1.76 bits per heavy atom. The van der Waals surface area contributed by atoms with Gasteiger partial charge in [-0.1, -0.05) is 71.9 Å². The number of methoxy groups -OCH3 is 1. The second kappa shape index (κ2) is 10.6. The Bertz CT molecular complexity index is 1250. The van der Waals surface area contributed by atoms with E-state index in [0.29, 0.717) is 10.9 Å². The molecule has 4 aromatic rings. The van der Waals surface area contributed by atoms with E-state index in [1.807, 2.05) is 90.4 Å². The maximum atomic E-state index is 12.4. The summed E-state index contributed by atoms with van der Waals surface area (Å²) >= 11 is 1.30. The second-order valence-corrected chi connectivity index (χ2v) is 8.11. The Morgan fingerprint density at radius 3 is 2.52 bits per heavy atom. The Hall–Kier alpha value is -3.91. The van der Waals surface area contributed by atoms with Gasteiger partial charge in [-0.15, -0.1) is 10.2 Å². The van der Waals surface area contributed by atoms with Crippen LogP contribution < -0.4 is 10.2 Å². The summed E-state index contributed by atoms with van der Waals surface area (Å²) in [5.74, 6) is 1.30. The highest BCUT2D eigenvalue weighted by Crippen LogP contribution is 2.28. The molecule has 8 heteroatoms. The number of nitrogens with zero attached hydrogens (tertiary/aromatic N) is 4. The van der Waals surface area contributed by atoms with Gasteiger partial charge < -0.3 is 4.74 Å². The molecule has 166 valence electrons. The number of carbonyl (C=O) groups is 1. The van der Waals surface area contributed by atoms with Gasteiger partial charge in [-0.3, -0.25) is 9.36 Å². The summed E-state index contributed by atoms with van der Waals surface area (Å²) in [6.07, 6.45) is 1.56. The van der Waals surface area contributed by atoms with Crippen molar-refractivity contribution >= 4 is 23.9 Å². The van der Waals surface area contributed by atoms with Crippen LogP contribution in [0.5, 0.6) is 5.75 Å². The minimum Gasteiger partial charge on any atom is -0.496 e. The average molecular weight is 458 g/mol. The molecule has 0 fully saturated rings. The van der Waals surface area contributed by atoms with E-state index in [4.69, 9.17) is 4.74 Å². The van der Waals surface area contributed by atoms with Gasteiger partial charge in [0.15, 0.2) is 11.0 Å². The first-order chi connectivity index (χ1) is 16.2. The lowest BCUT2D eigenvalue weighted by atomic mass is 10.2. The number of thioether (sulfide) groups is 1. The molecule has 3 aromatic carbocycles. The Labute approximate surface area is 196 Å². The molecule has 0 aliphatic rings. The van der Waals surface area contributed by atoms with E-state index in [1.54, 1.807) is 13.3 Å². The van der Waals surface area contributed by atoms with Gasteiger partial charge in [0, 0.05) is 16.8 Å². The number of nitrogens with one attached hydrogen (secondary N) is 1. The zero-order chi connectivity index (χ0) is 23.0. The molecule has 4 rings (SSSR count). The number of aryl methyl sites for hydroxylation is 1. The third-order valence-electron chi connectivity index (χ3n) is 4.82. The topological polar surface area (TPSA) is 81.4 Å². The fourth-order valence-electron chi connectivity index (χ4n) is 3.17. The Morgan fingerprint density at radius 1 is 1.03 bits per heavy atom. The summed E-state index contributed by atoms with van der Waals surface area (Å²) in [5, 5.41) is 13.4. The third kappa shape index (κ3) is 5.48. The lowest BCUT2D eigenvalue weighted by molar-refractivity contribution is -0.118. The van der Waals surface area contributed by atoms with Crippen molar-refractivity contribution in [1.82, 2.24) is 20.2 Å². The van der Waals surface area contributed by atoms with Gasteiger partial charge in [-0.25, -0.2) is 5.43 Å². The predicted octanol–water partition coefficient (Wildman–Crippen LogP) is 4.49. The lowest BCUT2D eigenvalue weighted by Gasteiger charge is -2.10. The van der Waals surface area contributed by atoms with Crippen LogP contribution in [0, 0.1) is 6.92 Å². The zero-order valence-electron chi connectivity index (χ0n) is 18.3. The first kappa shape index (κ1) is 22.3. The van der Waals surface area contributed by atoms with Crippen LogP contribution in [0.15, 0.2) is 89.1 Å². The molecule has 0 aliphatic carbocycles. The Balaban J connectivity index is 1.50. The molecule has 0 bridgehead atoms. The van der Waals surface area contributed by atoms with Crippen molar-refractivity contribution < 1.29 is 9.53 Å². The molecule has 33 heavy (non-hydrogen) atoms. The van der Waals surface area contributed by atoms with E-state index in [9.17, 15) is 4.79 Å². The second-order valence-electron chi connectivity index (χ2n) is 7.17. The van der Waals surface area contributed by atoms with Crippen LogP contribution in [0.3, 0.4) is 0 Å². The van der Waals surface area contributed by atoms with E-state index in [1.165, 1.54) is 11.8 Å². The Kier molecular flexibility index (Phi) is 7.16. The van der Waals surface area contributed by atoms with E-state index in [2.05, 4.69) is 20.7 Å². The van der Waals surface area contributed by atoms with Crippen molar-refractivity contribution in [2.45, 2.75) is 12.1 Å². The number of para-hydroxylation sites is 1. The fraction of sp³-hybridized carbons (Fsp3) is 0.120. The van der Waals surface area contributed by atoms with Gasteiger partial charge in [0.1, 0.15) is 5.75 Å². The molecule has 0 saturated heterocycles. The molecule has 7 nitrogen and oxygen atoms in total. The van der Waals surface area contributed by atoms with E-state index in [-0.39, 0.29) is 11.7 Å². The van der Waals surface area contributed by atoms with Crippen LogP contribution in [-0.4, -0.2) is 39.7 Å². The number of hydrazone groups is 1. The standard InChI is InChI=1S/C25H23N5O2S/c1-18-12-14-21(15-13-18)30-24(19-8-4-3-5-9-19)28-29-25(30)33-17-23(31)27-26-16-20-10-6-7-11-22(20)32-2/h3-16H,17H2,1-2H3,(H,27,31)/b26-16-. The van der Waals surface area contributed by atoms with Crippen molar-refractivity contribution in [3.8, 4) is 22.8 Å². The van der Waals surface area contributed by atoms with Crippen LogP contribution in [-0.2, 0) is 4.79 Å². The maximum absolute atomic E-state index is 12.4. The predicted molar refractivity (Wildman–Crippen MR) is 131 cm³/mol. The average Bonchev–Trinajstić information content (AvgIpc) is 3.28. The molecule has 1 aromatic heterocycles. The van der Waals surface area contributed by atoms with E-state index >= 15 is 0 Å². The van der Waals surface area contributed by atoms with Gasteiger partial charge >= 0.3 is 0 Å². The first-order valence-electron chi connectivity index (χ1n) is 10.3. The van der Waals surface area contributed by atoms with Gasteiger partial charge in [0.05, 0.1) is 19.1 Å². The number of ether oxygens (including phenoxy) is 1. The van der Waals surface area contributed by atoms with Crippen LogP contribution in [0.4, 0.5) is 0 Å². The number of benzene rings is 3. The third-order valence-corrected chi connectivity index (χ3v) is 5.75. The van der Waals surface area contributed by atoms with Gasteiger partial charge in [-0.05, 0) is 31.2 Å². The fourth-order valence-corrected chi connectivity index (χ4v) is 3.92. The molecule has 1 N–H and O–H groups in total. The number of amides is 1. The highest BCUT2D eigenvalue weighted by Gasteiger charge is 2.17. The zero-order valence-corrected chi connectivity index (χ0v) is 19.1. The van der Waals surface area contributed by atoms with E-state index < -0.39 is 0 Å². The van der Waals surface area contributed by atoms with Crippen molar-refractivity contribution in [2.75, 3.05) is 12.9 Å². The van der Waals surface area contributed by atoms with E-state index in [0.717, 1.165) is 28.2 Å². The molecular formula is C25H23N5O2S. The summed E-state index contributed by atoms with van der Waals surface area (Å²) in [7, 11) is 1.59. The molecule has 0 unspecified atom stereocenters. The maximum Gasteiger partial charge on any atom is 0.250 e. The number of carbonyl (C=O) groups excluding carboxylic acids is 1. The van der Waals surface area contributed by atoms with Crippen LogP contribution in [0.25, 0.3) is 17.1 Å². The normalized spacial score (nSPS) is 11.0. The lowest BCUT2D eigenvalue weighted by Crippen LogP contribution is -2.20. The number of rotatable bonds is 8. The molecule has 0 radical (unpaired) electrons.